The van der Waals surface area contributed by atoms with Gasteiger partial charge in [0, 0.05) is 5.56 Å². The molecule has 0 aliphatic rings. The zero-order valence-corrected chi connectivity index (χ0v) is 15.5. The third kappa shape index (κ3) is 4.03. The Morgan fingerprint density at radius 2 is 1.43 bits per heavy atom. The summed E-state index contributed by atoms with van der Waals surface area (Å²) in [7, 11) is 0. The first-order chi connectivity index (χ1) is 13.8. The SMILES string of the molecule is O=C(C=C=CCc1ccccc1)OCc1c2ccccc2cc2ccccc12. The van der Waals surface area contributed by atoms with Crippen LogP contribution < -0.4 is 0 Å². The van der Waals surface area contributed by atoms with Crippen LogP contribution in [0.3, 0.4) is 0 Å². The average molecular weight is 364 g/mol. The lowest BCUT2D eigenvalue weighted by atomic mass is 9.97. The molecule has 0 atom stereocenters. The summed E-state index contributed by atoms with van der Waals surface area (Å²) in [5, 5.41) is 4.51. The van der Waals surface area contributed by atoms with Gasteiger partial charge in [0.1, 0.15) is 6.61 Å². The van der Waals surface area contributed by atoms with E-state index in [-0.39, 0.29) is 12.6 Å². The molecule has 0 N–H and O–H groups in total. The summed E-state index contributed by atoms with van der Waals surface area (Å²) in [5.74, 6) is -0.388. The molecule has 0 bridgehead atoms. The van der Waals surface area contributed by atoms with Crippen molar-refractivity contribution in [1.82, 2.24) is 0 Å². The smallest absolute Gasteiger partial charge is 0.338 e. The standard InChI is InChI=1S/C26H20O2/c27-26(17-9-4-12-20-10-2-1-3-11-20)28-19-25-23-15-7-5-13-21(23)18-22-14-6-8-16-24(22)25/h1-8,10-11,13-18H,12,19H2. The van der Waals surface area contributed by atoms with Crippen LogP contribution in [0.2, 0.25) is 0 Å². The quantitative estimate of drug-likeness (QED) is 0.188. The summed E-state index contributed by atoms with van der Waals surface area (Å²) in [6.45, 7) is 0.234. The minimum absolute atomic E-state index is 0.234. The van der Waals surface area contributed by atoms with E-state index in [1.165, 1.54) is 11.6 Å². The third-order valence-electron chi connectivity index (χ3n) is 4.74. The fraction of sp³-hybridized carbons (Fsp3) is 0.0769. The van der Waals surface area contributed by atoms with E-state index in [2.05, 4.69) is 36.1 Å². The number of carbonyl (C=O) groups excluding carboxylic acids is 1. The van der Waals surface area contributed by atoms with Gasteiger partial charge in [0.2, 0.25) is 0 Å². The lowest BCUT2D eigenvalue weighted by Gasteiger charge is -2.11. The maximum atomic E-state index is 12.1. The maximum Gasteiger partial charge on any atom is 0.338 e. The van der Waals surface area contributed by atoms with Gasteiger partial charge >= 0.3 is 5.97 Å². The number of benzene rings is 4. The van der Waals surface area contributed by atoms with Crippen LogP contribution in [-0.2, 0) is 22.6 Å². The molecule has 0 unspecified atom stereocenters. The Morgan fingerprint density at radius 3 is 2.11 bits per heavy atom. The molecule has 4 aromatic rings. The number of esters is 1. The molecule has 0 saturated heterocycles. The number of fused-ring (bicyclic) bond motifs is 2. The van der Waals surface area contributed by atoms with Crippen molar-refractivity contribution >= 4 is 27.5 Å². The van der Waals surface area contributed by atoms with Gasteiger partial charge in [-0.25, -0.2) is 4.79 Å². The highest BCUT2D eigenvalue weighted by molar-refractivity contribution is 6.02. The second-order valence-electron chi connectivity index (χ2n) is 6.61. The van der Waals surface area contributed by atoms with Gasteiger partial charge in [-0.3, -0.25) is 0 Å². The molecule has 0 aliphatic carbocycles. The predicted molar refractivity (Wildman–Crippen MR) is 114 cm³/mol. The maximum absolute atomic E-state index is 12.1. The average Bonchev–Trinajstić information content (AvgIpc) is 2.75. The Kier molecular flexibility index (Phi) is 5.33. The molecule has 0 spiro atoms. The van der Waals surface area contributed by atoms with Crippen LogP contribution in [0.5, 0.6) is 0 Å². The van der Waals surface area contributed by atoms with Crippen LogP contribution in [-0.4, -0.2) is 5.97 Å². The van der Waals surface area contributed by atoms with Crippen molar-refractivity contribution in [2.75, 3.05) is 0 Å². The first-order valence-corrected chi connectivity index (χ1v) is 9.32. The molecular weight excluding hydrogens is 344 g/mol. The monoisotopic (exact) mass is 364 g/mol. The van der Waals surface area contributed by atoms with Gasteiger partial charge in [0.25, 0.3) is 0 Å². The molecule has 0 fully saturated rings. The van der Waals surface area contributed by atoms with E-state index < -0.39 is 0 Å². The molecular formula is C26H20O2. The Morgan fingerprint density at radius 1 is 0.821 bits per heavy atom. The van der Waals surface area contributed by atoms with Crippen molar-refractivity contribution in [3.05, 3.63) is 114 Å². The number of hydrogen-bond acceptors (Lipinski definition) is 2. The normalized spacial score (nSPS) is 10.4. The molecule has 0 heterocycles. The van der Waals surface area contributed by atoms with Gasteiger partial charge in [0.15, 0.2) is 0 Å². The third-order valence-corrected chi connectivity index (χ3v) is 4.74. The molecule has 0 amide bonds. The van der Waals surface area contributed by atoms with Crippen molar-refractivity contribution in [1.29, 1.82) is 0 Å². The van der Waals surface area contributed by atoms with Crippen LogP contribution in [0.1, 0.15) is 11.1 Å². The molecule has 2 heteroatoms. The Balaban J connectivity index is 1.51. The van der Waals surface area contributed by atoms with E-state index in [9.17, 15) is 4.79 Å². The summed E-state index contributed by atoms with van der Waals surface area (Å²) in [6, 6.07) is 28.6. The fourth-order valence-electron chi connectivity index (χ4n) is 3.37. The highest BCUT2D eigenvalue weighted by Crippen LogP contribution is 2.29. The van der Waals surface area contributed by atoms with Crippen LogP contribution in [0, 0.1) is 0 Å². The van der Waals surface area contributed by atoms with E-state index in [0.29, 0.717) is 0 Å². The largest absolute Gasteiger partial charge is 0.457 e. The predicted octanol–water partition coefficient (Wildman–Crippen LogP) is 5.99. The second kappa shape index (κ2) is 8.39. The van der Waals surface area contributed by atoms with Gasteiger partial charge < -0.3 is 4.74 Å². The number of rotatable bonds is 5. The van der Waals surface area contributed by atoms with E-state index in [1.807, 2.05) is 60.7 Å². The molecule has 4 rings (SSSR count). The first kappa shape index (κ1) is 17.8. The minimum atomic E-state index is -0.388. The van der Waals surface area contributed by atoms with Gasteiger partial charge in [0.05, 0.1) is 6.08 Å². The summed E-state index contributed by atoms with van der Waals surface area (Å²) in [6.07, 6.45) is 3.93. The molecule has 4 aromatic carbocycles. The summed E-state index contributed by atoms with van der Waals surface area (Å²) < 4.78 is 5.52. The molecule has 28 heavy (non-hydrogen) atoms. The number of carbonyl (C=O) groups is 1. The van der Waals surface area contributed by atoms with E-state index in [0.717, 1.165) is 33.5 Å². The Labute approximate surface area is 164 Å². The number of ether oxygens (including phenoxy) is 1. The fourth-order valence-corrected chi connectivity index (χ4v) is 3.37. The molecule has 0 aliphatic heterocycles. The Bertz CT molecular complexity index is 1130. The second-order valence-corrected chi connectivity index (χ2v) is 6.61. The van der Waals surface area contributed by atoms with Gasteiger partial charge in [-0.15, -0.1) is 5.73 Å². The molecule has 0 aromatic heterocycles. The van der Waals surface area contributed by atoms with Crippen molar-refractivity contribution in [2.45, 2.75) is 13.0 Å². The van der Waals surface area contributed by atoms with Crippen molar-refractivity contribution in [3.63, 3.8) is 0 Å². The lowest BCUT2D eigenvalue weighted by molar-refractivity contribution is -0.138. The van der Waals surface area contributed by atoms with E-state index >= 15 is 0 Å². The lowest BCUT2D eigenvalue weighted by Crippen LogP contribution is -2.01. The van der Waals surface area contributed by atoms with Gasteiger partial charge in [-0.05, 0) is 45.7 Å². The Hall–Kier alpha value is -3.61. The van der Waals surface area contributed by atoms with E-state index in [1.54, 1.807) is 0 Å². The van der Waals surface area contributed by atoms with Crippen LogP contribution >= 0.6 is 0 Å². The molecule has 136 valence electrons. The highest BCUT2D eigenvalue weighted by Gasteiger charge is 2.09. The number of hydrogen-bond donors (Lipinski definition) is 0. The van der Waals surface area contributed by atoms with Crippen molar-refractivity contribution < 1.29 is 9.53 Å². The van der Waals surface area contributed by atoms with Crippen molar-refractivity contribution in [3.8, 4) is 0 Å². The first-order valence-electron chi connectivity index (χ1n) is 9.32. The minimum Gasteiger partial charge on any atom is -0.457 e. The van der Waals surface area contributed by atoms with Crippen LogP contribution in [0.15, 0.2) is 103 Å². The van der Waals surface area contributed by atoms with Gasteiger partial charge in [-0.1, -0.05) is 78.9 Å². The zero-order chi connectivity index (χ0) is 19.2. The topological polar surface area (TPSA) is 26.3 Å². The summed E-state index contributed by atoms with van der Waals surface area (Å²) in [4.78, 5) is 12.1. The van der Waals surface area contributed by atoms with Crippen LogP contribution in [0.25, 0.3) is 21.5 Å². The van der Waals surface area contributed by atoms with Gasteiger partial charge in [-0.2, -0.15) is 0 Å². The highest BCUT2D eigenvalue weighted by atomic mass is 16.5. The van der Waals surface area contributed by atoms with Crippen LogP contribution in [0.4, 0.5) is 0 Å². The van der Waals surface area contributed by atoms with Crippen molar-refractivity contribution in [2.24, 2.45) is 0 Å². The summed E-state index contributed by atoms with van der Waals surface area (Å²) in [5.41, 5.74) is 5.13. The molecule has 0 saturated carbocycles. The molecule has 0 radical (unpaired) electrons. The summed E-state index contributed by atoms with van der Waals surface area (Å²) >= 11 is 0. The zero-order valence-electron chi connectivity index (χ0n) is 15.5. The van der Waals surface area contributed by atoms with E-state index in [4.69, 9.17) is 4.74 Å². The molecule has 2 nitrogen and oxygen atoms in total.